The quantitative estimate of drug-likeness (QED) is 0.729. The maximum Gasteiger partial charge on any atom is 0.341 e. The maximum atomic E-state index is 12.1. The van der Waals surface area contributed by atoms with Crippen LogP contribution in [0.15, 0.2) is 18.2 Å². The molecule has 15 heavy (non-hydrogen) atoms. The molecule has 3 heteroatoms. The van der Waals surface area contributed by atoms with Crippen molar-refractivity contribution in [3.63, 3.8) is 0 Å². The van der Waals surface area contributed by atoms with Crippen molar-refractivity contribution in [3.05, 3.63) is 29.3 Å². The summed E-state index contributed by atoms with van der Waals surface area (Å²) in [6.45, 7) is -11.3. The van der Waals surface area contributed by atoms with Crippen molar-refractivity contribution in [2.75, 3.05) is 13.1 Å². The fourth-order valence-electron chi connectivity index (χ4n) is 1.04. The van der Waals surface area contributed by atoms with Crippen LogP contribution in [0.5, 0.6) is 5.75 Å². The standard InChI is InChI=1S/C12H16O3/c1-4-14-11-8-9(3)6-7-10(11)12(13)15-5-2/h6-8H,4-5H2,1-3H3/i1D3,2D3,4D2,5D2. The number of carbonyl (C=O) groups is 1. The number of aryl methyl sites for hydroxylation is 1. The summed E-state index contributed by atoms with van der Waals surface area (Å²) in [5.41, 5.74) is -0.0152. The van der Waals surface area contributed by atoms with Gasteiger partial charge in [0, 0.05) is 8.22 Å². The maximum absolute atomic E-state index is 12.1. The third kappa shape index (κ3) is 2.98. The Morgan fingerprint density at radius 1 is 1.47 bits per heavy atom. The van der Waals surface area contributed by atoms with E-state index in [1.807, 2.05) is 0 Å². The van der Waals surface area contributed by atoms with Crippen LogP contribution in [0, 0.1) is 6.92 Å². The lowest BCUT2D eigenvalue weighted by Gasteiger charge is -2.09. The van der Waals surface area contributed by atoms with Gasteiger partial charge in [0.15, 0.2) is 0 Å². The summed E-state index contributed by atoms with van der Waals surface area (Å²) in [4.78, 5) is 12.1. The molecule has 0 unspecified atom stereocenters. The molecule has 1 aromatic rings. The second kappa shape index (κ2) is 5.39. The number of benzene rings is 1. The molecule has 0 amide bonds. The van der Waals surface area contributed by atoms with Crippen molar-refractivity contribution in [1.82, 2.24) is 0 Å². The summed E-state index contributed by atoms with van der Waals surface area (Å²) < 4.78 is 81.1. The molecule has 1 aromatic carbocycles. The topological polar surface area (TPSA) is 35.5 Å². The number of hydrogen-bond donors (Lipinski definition) is 0. The summed E-state index contributed by atoms with van der Waals surface area (Å²) in [5.74, 6) is -1.94. The molecule has 3 nitrogen and oxygen atoms in total. The average molecular weight is 218 g/mol. The van der Waals surface area contributed by atoms with E-state index in [2.05, 4.69) is 4.74 Å². The highest BCUT2D eigenvalue weighted by atomic mass is 16.5. The van der Waals surface area contributed by atoms with Crippen molar-refractivity contribution in [2.45, 2.75) is 20.6 Å². The van der Waals surface area contributed by atoms with Crippen molar-refractivity contribution in [1.29, 1.82) is 0 Å². The van der Waals surface area contributed by atoms with Crippen LogP contribution in [0.3, 0.4) is 0 Å². The molecule has 0 aromatic heterocycles. The van der Waals surface area contributed by atoms with Crippen LogP contribution in [0.25, 0.3) is 0 Å². The van der Waals surface area contributed by atoms with E-state index in [9.17, 15) is 4.79 Å². The Labute approximate surface area is 104 Å². The zero-order chi connectivity index (χ0) is 19.8. The summed E-state index contributed by atoms with van der Waals surface area (Å²) in [6.07, 6.45) is 0. The van der Waals surface area contributed by atoms with Crippen molar-refractivity contribution >= 4 is 5.97 Å². The molecule has 0 fully saturated rings. The third-order valence-electron chi connectivity index (χ3n) is 1.66. The van der Waals surface area contributed by atoms with Gasteiger partial charge in [-0.1, -0.05) is 6.07 Å². The Morgan fingerprint density at radius 3 is 3.00 bits per heavy atom. The van der Waals surface area contributed by atoms with E-state index in [4.69, 9.17) is 18.4 Å². The van der Waals surface area contributed by atoms with Crippen LogP contribution in [0.2, 0.25) is 0 Å². The number of esters is 1. The summed E-state index contributed by atoms with van der Waals surface area (Å²) in [5, 5.41) is 0. The summed E-state index contributed by atoms with van der Waals surface area (Å²) in [6, 6.07) is 3.64. The smallest absolute Gasteiger partial charge is 0.341 e. The molecule has 0 saturated heterocycles. The number of hydrogen-bond acceptors (Lipinski definition) is 3. The largest absolute Gasteiger partial charge is 0.493 e. The first-order chi connectivity index (χ1) is 11.0. The van der Waals surface area contributed by atoms with Crippen molar-refractivity contribution < 1.29 is 28.0 Å². The lowest BCUT2D eigenvalue weighted by molar-refractivity contribution is 0.0522. The van der Waals surface area contributed by atoms with Gasteiger partial charge >= 0.3 is 5.97 Å². The fraction of sp³-hybridized carbons (Fsp3) is 0.417. The van der Waals surface area contributed by atoms with Gasteiger partial charge in [0.05, 0.1) is 18.6 Å². The summed E-state index contributed by atoms with van der Waals surface area (Å²) in [7, 11) is 0. The van der Waals surface area contributed by atoms with Gasteiger partial charge in [-0.05, 0) is 38.3 Å². The molecule has 0 N–H and O–H groups in total. The lowest BCUT2D eigenvalue weighted by atomic mass is 10.1. The molecule has 1 rings (SSSR count). The Balaban J connectivity index is 3.24. The normalized spacial score (nSPS) is 23.3. The van der Waals surface area contributed by atoms with Crippen LogP contribution >= 0.6 is 0 Å². The van der Waals surface area contributed by atoms with E-state index < -0.39 is 44.1 Å². The van der Waals surface area contributed by atoms with E-state index >= 15 is 0 Å². The van der Waals surface area contributed by atoms with Gasteiger partial charge in [0.1, 0.15) is 11.3 Å². The Bertz CT molecular complexity index is 648. The second-order valence-electron chi connectivity index (χ2n) is 2.70. The van der Waals surface area contributed by atoms with Gasteiger partial charge in [-0.2, -0.15) is 0 Å². The van der Waals surface area contributed by atoms with Crippen LogP contribution < -0.4 is 4.74 Å². The summed E-state index contributed by atoms with van der Waals surface area (Å²) >= 11 is 0. The second-order valence-corrected chi connectivity index (χ2v) is 2.70. The highest BCUT2D eigenvalue weighted by Crippen LogP contribution is 2.21. The molecule has 82 valence electrons. The number of carbonyl (C=O) groups excluding carboxylic acids is 1. The molecule has 0 atom stereocenters. The molecular weight excluding hydrogens is 192 g/mol. The predicted octanol–water partition coefficient (Wildman–Crippen LogP) is 2.57. The first kappa shape index (κ1) is 3.81. The Kier molecular flexibility index (Phi) is 1.37. The van der Waals surface area contributed by atoms with Crippen LogP contribution in [-0.4, -0.2) is 19.1 Å². The average Bonchev–Trinajstić information content (AvgIpc) is 2.34. The van der Waals surface area contributed by atoms with E-state index in [0.717, 1.165) is 12.1 Å². The van der Waals surface area contributed by atoms with Gasteiger partial charge in [-0.25, -0.2) is 4.79 Å². The molecule has 0 aliphatic heterocycles. The highest BCUT2D eigenvalue weighted by Gasteiger charge is 2.13. The Hall–Kier alpha value is -1.51. The highest BCUT2D eigenvalue weighted by molar-refractivity contribution is 5.92. The van der Waals surface area contributed by atoms with Crippen LogP contribution in [-0.2, 0) is 4.74 Å². The molecule has 0 aliphatic rings. The number of rotatable bonds is 4. The minimum absolute atomic E-state index is 0.492. The molecule has 0 bridgehead atoms. The van der Waals surface area contributed by atoms with Gasteiger partial charge in [0.2, 0.25) is 0 Å². The SMILES string of the molecule is [2H]C([2H])([2H])C([2H])([2H])OC(=O)c1ccc(C)cc1OC([2H])([2H])C([2H])([2H])[2H]. The zero-order valence-corrected chi connectivity index (χ0v) is 7.96. The van der Waals surface area contributed by atoms with E-state index in [1.165, 1.54) is 6.07 Å². The monoisotopic (exact) mass is 218 g/mol. The molecule has 0 radical (unpaired) electrons. The third-order valence-corrected chi connectivity index (χ3v) is 1.66. The lowest BCUT2D eigenvalue weighted by Crippen LogP contribution is -2.07. The van der Waals surface area contributed by atoms with Gasteiger partial charge < -0.3 is 9.47 Å². The number of ether oxygens (including phenoxy) is 2. The van der Waals surface area contributed by atoms with E-state index in [1.54, 1.807) is 6.92 Å². The van der Waals surface area contributed by atoms with Crippen molar-refractivity contribution in [3.8, 4) is 5.75 Å². The van der Waals surface area contributed by atoms with Crippen LogP contribution in [0.4, 0.5) is 0 Å². The van der Waals surface area contributed by atoms with E-state index in [0.29, 0.717) is 5.56 Å². The first-order valence-electron chi connectivity index (χ1n) is 9.01. The van der Waals surface area contributed by atoms with Gasteiger partial charge in [0.25, 0.3) is 0 Å². The molecule has 0 spiro atoms. The van der Waals surface area contributed by atoms with E-state index in [-0.39, 0.29) is 0 Å². The molecular formula is C12H16O3. The molecule has 0 heterocycles. The van der Waals surface area contributed by atoms with Crippen molar-refractivity contribution in [2.24, 2.45) is 0 Å². The van der Waals surface area contributed by atoms with Crippen LogP contribution in [0.1, 0.15) is 43.3 Å². The molecule has 0 saturated carbocycles. The van der Waals surface area contributed by atoms with Gasteiger partial charge in [-0.15, -0.1) is 0 Å². The zero-order valence-electron chi connectivity index (χ0n) is 18.0. The minimum Gasteiger partial charge on any atom is -0.493 e. The first-order valence-corrected chi connectivity index (χ1v) is 4.01. The minimum atomic E-state index is -3.30. The van der Waals surface area contributed by atoms with Gasteiger partial charge in [-0.3, -0.25) is 0 Å². The Morgan fingerprint density at radius 2 is 2.27 bits per heavy atom. The molecule has 0 aliphatic carbocycles. The predicted molar refractivity (Wildman–Crippen MR) is 58.3 cm³/mol. The fourth-order valence-corrected chi connectivity index (χ4v) is 1.04.